The molecule has 5 nitrogen and oxygen atoms in total. The lowest BCUT2D eigenvalue weighted by molar-refractivity contribution is 0.0308. The molecule has 0 aliphatic carbocycles. The first-order chi connectivity index (χ1) is 9.33. The lowest BCUT2D eigenvalue weighted by Crippen LogP contribution is -2.58. The fraction of sp³-hybridized carbons (Fsp3) is 0.467. The van der Waals surface area contributed by atoms with Crippen molar-refractivity contribution in [3.8, 4) is 0 Å². The average Bonchev–Trinajstić information content (AvgIpc) is 2.41. The van der Waals surface area contributed by atoms with Crippen LogP contribution in [-0.2, 0) is 0 Å². The summed E-state index contributed by atoms with van der Waals surface area (Å²) in [6.45, 7) is 6.15. The lowest BCUT2D eigenvalue weighted by atomic mass is 9.98. The second-order valence-corrected chi connectivity index (χ2v) is 5.81. The van der Waals surface area contributed by atoms with Gasteiger partial charge in [-0.2, -0.15) is 0 Å². The highest BCUT2D eigenvalue weighted by molar-refractivity contribution is 6.04. The maximum absolute atomic E-state index is 12.6. The highest BCUT2D eigenvalue weighted by Crippen LogP contribution is 2.21. The summed E-state index contributed by atoms with van der Waals surface area (Å²) in [6.07, 6.45) is 0. The van der Waals surface area contributed by atoms with E-state index in [1.54, 1.807) is 23.1 Å². The predicted molar refractivity (Wildman–Crippen MR) is 76.0 cm³/mol. The Morgan fingerprint density at radius 2 is 1.75 bits per heavy atom. The molecule has 1 aliphatic rings. The van der Waals surface area contributed by atoms with Crippen molar-refractivity contribution in [1.29, 1.82) is 0 Å². The SMILES string of the molecule is CN1CCN(C(=O)c2ccccc2C(=O)O)CC1(C)C. The van der Waals surface area contributed by atoms with Gasteiger partial charge in [-0.05, 0) is 33.0 Å². The molecule has 2 rings (SSSR count). The third kappa shape index (κ3) is 2.67. The maximum atomic E-state index is 12.6. The number of piperazine rings is 1. The minimum Gasteiger partial charge on any atom is -0.478 e. The number of aromatic carboxylic acids is 1. The smallest absolute Gasteiger partial charge is 0.336 e. The van der Waals surface area contributed by atoms with Gasteiger partial charge in [-0.15, -0.1) is 0 Å². The number of carbonyl (C=O) groups is 2. The summed E-state index contributed by atoms with van der Waals surface area (Å²) in [4.78, 5) is 27.7. The van der Waals surface area contributed by atoms with E-state index in [2.05, 4.69) is 18.7 Å². The van der Waals surface area contributed by atoms with Gasteiger partial charge < -0.3 is 10.0 Å². The van der Waals surface area contributed by atoms with Crippen molar-refractivity contribution in [2.75, 3.05) is 26.7 Å². The van der Waals surface area contributed by atoms with E-state index in [1.165, 1.54) is 6.07 Å². The highest BCUT2D eigenvalue weighted by Gasteiger charge is 2.34. The van der Waals surface area contributed by atoms with Crippen LogP contribution in [0.1, 0.15) is 34.6 Å². The first-order valence-corrected chi connectivity index (χ1v) is 6.66. The van der Waals surface area contributed by atoms with Crippen LogP contribution in [0.3, 0.4) is 0 Å². The zero-order chi connectivity index (χ0) is 14.9. The zero-order valence-electron chi connectivity index (χ0n) is 12.1. The quantitative estimate of drug-likeness (QED) is 0.890. The summed E-state index contributed by atoms with van der Waals surface area (Å²) in [5, 5.41) is 9.18. The molecule has 0 radical (unpaired) electrons. The van der Waals surface area contributed by atoms with Gasteiger partial charge in [0, 0.05) is 25.2 Å². The van der Waals surface area contributed by atoms with Crippen LogP contribution in [0.25, 0.3) is 0 Å². The van der Waals surface area contributed by atoms with Gasteiger partial charge in [0.25, 0.3) is 5.91 Å². The minimum absolute atomic E-state index is 0.0641. The third-order valence-electron chi connectivity index (χ3n) is 3.99. The van der Waals surface area contributed by atoms with Crippen molar-refractivity contribution in [2.24, 2.45) is 0 Å². The van der Waals surface area contributed by atoms with Gasteiger partial charge in [-0.25, -0.2) is 4.79 Å². The summed E-state index contributed by atoms with van der Waals surface area (Å²) in [6, 6.07) is 6.38. The fourth-order valence-corrected chi connectivity index (χ4v) is 2.44. The van der Waals surface area contributed by atoms with E-state index in [9.17, 15) is 14.7 Å². The first-order valence-electron chi connectivity index (χ1n) is 6.66. The Labute approximate surface area is 118 Å². The highest BCUT2D eigenvalue weighted by atomic mass is 16.4. The lowest BCUT2D eigenvalue weighted by Gasteiger charge is -2.45. The van der Waals surface area contributed by atoms with Gasteiger partial charge in [0.1, 0.15) is 0 Å². The van der Waals surface area contributed by atoms with E-state index in [0.717, 1.165) is 6.54 Å². The van der Waals surface area contributed by atoms with Crippen LogP contribution in [0, 0.1) is 0 Å². The molecule has 0 aromatic heterocycles. The van der Waals surface area contributed by atoms with Crippen molar-refractivity contribution in [3.05, 3.63) is 35.4 Å². The molecule has 0 saturated carbocycles. The Morgan fingerprint density at radius 1 is 1.15 bits per heavy atom. The molecule has 1 heterocycles. The van der Waals surface area contributed by atoms with Crippen molar-refractivity contribution in [2.45, 2.75) is 19.4 Å². The van der Waals surface area contributed by atoms with Gasteiger partial charge in [0.15, 0.2) is 0 Å². The van der Waals surface area contributed by atoms with E-state index >= 15 is 0 Å². The second kappa shape index (κ2) is 5.25. The molecule has 0 bridgehead atoms. The van der Waals surface area contributed by atoms with E-state index in [0.29, 0.717) is 13.1 Å². The Balaban J connectivity index is 2.27. The number of carbonyl (C=O) groups excluding carboxylic acids is 1. The molecule has 0 spiro atoms. The Morgan fingerprint density at radius 3 is 2.30 bits per heavy atom. The molecule has 0 atom stereocenters. The van der Waals surface area contributed by atoms with E-state index < -0.39 is 5.97 Å². The number of likely N-dealkylation sites (N-methyl/N-ethyl adjacent to an activating group) is 1. The normalized spacial score (nSPS) is 18.9. The van der Waals surface area contributed by atoms with Crippen LogP contribution in [0.2, 0.25) is 0 Å². The topological polar surface area (TPSA) is 60.9 Å². The van der Waals surface area contributed by atoms with Gasteiger partial charge in [0.2, 0.25) is 0 Å². The minimum atomic E-state index is -1.07. The number of nitrogens with zero attached hydrogens (tertiary/aromatic N) is 2. The summed E-state index contributed by atoms with van der Waals surface area (Å²) < 4.78 is 0. The van der Waals surface area contributed by atoms with Crippen LogP contribution >= 0.6 is 0 Å². The molecule has 1 fully saturated rings. The molecule has 1 amide bonds. The molecular formula is C15H20N2O3. The number of amides is 1. The van der Waals surface area contributed by atoms with Crippen molar-refractivity contribution in [3.63, 3.8) is 0 Å². The molecule has 1 saturated heterocycles. The van der Waals surface area contributed by atoms with Crippen LogP contribution in [0.4, 0.5) is 0 Å². The average molecular weight is 276 g/mol. The molecule has 5 heteroatoms. The molecule has 108 valence electrons. The maximum Gasteiger partial charge on any atom is 0.336 e. The van der Waals surface area contributed by atoms with Crippen LogP contribution in [0.5, 0.6) is 0 Å². The molecule has 1 aliphatic heterocycles. The number of carboxylic acids is 1. The van der Waals surface area contributed by atoms with Gasteiger partial charge in [-0.1, -0.05) is 12.1 Å². The van der Waals surface area contributed by atoms with Crippen molar-refractivity contribution in [1.82, 2.24) is 9.80 Å². The van der Waals surface area contributed by atoms with Crippen molar-refractivity contribution < 1.29 is 14.7 Å². The van der Waals surface area contributed by atoms with Crippen molar-refractivity contribution >= 4 is 11.9 Å². The number of hydrogen-bond acceptors (Lipinski definition) is 3. The second-order valence-electron chi connectivity index (χ2n) is 5.81. The van der Waals surface area contributed by atoms with E-state index in [1.807, 2.05) is 7.05 Å². The fourth-order valence-electron chi connectivity index (χ4n) is 2.44. The summed E-state index contributed by atoms with van der Waals surface area (Å²) in [5.41, 5.74) is 0.223. The number of benzene rings is 1. The monoisotopic (exact) mass is 276 g/mol. The van der Waals surface area contributed by atoms with E-state index in [4.69, 9.17) is 0 Å². The van der Waals surface area contributed by atoms with Gasteiger partial charge in [0.05, 0.1) is 11.1 Å². The van der Waals surface area contributed by atoms with Gasteiger partial charge >= 0.3 is 5.97 Å². The molecule has 20 heavy (non-hydrogen) atoms. The summed E-state index contributed by atoms with van der Waals surface area (Å²) in [5.74, 6) is -1.27. The standard InChI is InChI=1S/C15H20N2O3/c1-15(2)10-17(9-8-16(15)3)13(18)11-6-4-5-7-12(11)14(19)20/h4-7H,8-10H2,1-3H3,(H,19,20). The molecule has 1 aromatic rings. The molecule has 1 N–H and O–H groups in total. The van der Waals surface area contributed by atoms with E-state index in [-0.39, 0.29) is 22.6 Å². The molecule has 1 aromatic carbocycles. The third-order valence-corrected chi connectivity index (χ3v) is 3.99. The predicted octanol–water partition coefficient (Wildman–Crippen LogP) is 1.55. The number of rotatable bonds is 2. The summed E-state index contributed by atoms with van der Waals surface area (Å²) in [7, 11) is 2.03. The van der Waals surface area contributed by atoms with Gasteiger partial charge in [-0.3, -0.25) is 9.69 Å². The summed E-state index contributed by atoms with van der Waals surface area (Å²) >= 11 is 0. The number of hydrogen-bond donors (Lipinski definition) is 1. The Bertz CT molecular complexity index is 540. The molecule has 0 unspecified atom stereocenters. The Kier molecular flexibility index (Phi) is 3.81. The number of carboxylic acid groups (broad SMARTS) is 1. The van der Waals surface area contributed by atoms with Crippen LogP contribution in [0.15, 0.2) is 24.3 Å². The van der Waals surface area contributed by atoms with Crippen LogP contribution in [-0.4, -0.2) is 59.0 Å². The zero-order valence-corrected chi connectivity index (χ0v) is 12.1. The van der Waals surface area contributed by atoms with Crippen LogP contribution < -0.4 is 0 Å². The molecular weight excluding hydrogens is 256 g/mol. The first kappa shape index (κ1) is 14.5. The largest absolute Gasteiger partial charge is 0.478 e. The Hall–Kier alpha value is -1.88.